The molecule has 1 N–H and O–H groups in total. The Morgan fingerprint density at radius 3 is 2.77 bits per heavy atom. The van der Waals surface area contributed by atoms with Gasteiger partial charge in [0.25, 0.3) is 0 Å². The molecule has 0 aliphatic carbocycles. The first-order valence-electron chi connectivity index (χ1n) is 6.71. The zero-order chi connectivity index (χ0) is 16.1. The number of aliphatic hydroxyl groups excluding tert-OH is 1. The van der Waals surface area contributed by atoms with Crippen LogP contribution < -0.4 is 9.64 Å². The van der Waals surface area contributed by atoms with E-state index in [4.69, 9.17) is 4.74 Å². The first kappa shape index (κ1) is 15.9. The van der Waals surface area contributed by atoms with Crippen LogP contribution in [0.5, 0.6) is 5.88 Å². The smallest absolute Gasteiger partial charge is 0.229 e. The molecule has 0 aliphatic heterocycles. The van der Waals surface area contributed by atoms with E-state index < -0.39 is 11.9 Å². The van der Waals surface area contributed by atoms with Gasteiger partial charge >= 0.3 is 0 Å². The number of ether oxygens (including phenoxy) is 1. The van der Waals surface area contributed by atoms with Crippen LogP contribution in [0.25, 0.3) is 0 Å². The van der Waals surface area contributed by atoms with Crippen LogP contribution in [0.15, 0.2) is 42.6 Å². The van der Waals surface area contributed by atoms with E-state index in [1.54, 1.807) is 25.2 Å². The number of aliphatic hydroxyl groups is 1. The fourth-order valence-electron chi connectivity index (χ4n) is 1.97. The maximum absolute atomic E-state index is 13.1. The molecule has 1 atom stereocenters. The molecule has 1 aromatic carbocycles. The average Bonchev–Trinajstić information content (AvgIpc) is 2.54. The maximum atomic E-state index is 13.1. The zero-order valence-electron chi connectivity index (χ0n) is 12.4. The number of rotatable bonds is 5. The molecule has 1 aromatic heterocycles. The van der Waals surface area contributed by atoms with Crippen molar-refractivity contribution in [1.82, 2.24) is 4.98 Å². The molecule has 0 radical (unpaired) electrons. The van der Waals surface area contributed by atoms with Crippen LogP contribution in [0, 0.1) is 5.82 Å². The van der Waals surface area contributed by atoms with Crippen molar-refractivity contribution in [2.24, 2.45) is 0 Å². The third-order valence-electron chi connectivity index (χ3n) is 3.29. The summed E-state index contributed by atoms with van der Waals surface area (Å²) >= 11 is 0. The van der Waals surface area contributed by atoms with Crippen molar-refractivity contribution in [2.75, 3.05) is 19.1 Å². The minimum Gasteiger partial charge on any atom is -0.481 e. The molecule has 116 valence electrons. The highest BCUT2D eigenvalue weighted by molar-refractivity contribution is 5.93. The van der Waals surface area contributed by atoms with Crippen LogP contribution in [0.2, 0.25) is 0 Å². The molecule has 0 saturated heterocycles. The summed E-state index contributed by atoms with van der Waals surface area (Å²) in [5.74, 6) is -0.301. The van der Waals surface area contributed by atoms with Crippen LogP contribution >= 0.6 is 0 Å². The Labute approximate surface area is 128 Å². The minimum absolute atomic E-state index is 0.147. The van der Waals surface area contributed by atoms with E-state index in [0.29, 0.717) is 17.1 Å². The monoisotopic (exact) mass is 304 g/mol. The number of carbonyl (C=O) groups is 1. The lowest BCUT2D eigenvalue weighted by atomic mass is 10.1. The molecule has 0 spiro atoms. The number of halogens is 1. The second kappa shape index (κ2) is 7.00. The van der Waals surface area contributed by atoms with Gasteiger partial charge in [-0.1, -0.05) is 12.1 Å². The van der Waals surface area contributed by atoms with Crippen molar-refractivity contribution in [3.05, 3.63) is 54.0 Å². The van der Waals surface area contributed by atoms with E-state index in [1.165, 1.54) is 36.4 Å². The molecule has 0 bridgehead atoms. The van der Waals surface area contributed by atoms with Gasteiger partial charge in [-0.3, -0.25) is 4.79 Å². The average molecular weight is 304 g/mol. The van der Waals surface area contributed by atoms with Crippen molar-refractivity contribution >= 4 is 11.6 Å². The predicted molar refractivity (Wildman–Crippen MR) is 80.2 cm³/mol. The van der Waals surface area contributed by atoms with E-state index >= 15 is 0 Å². The molecule has 1 amide bonds. The number of aromatic nitrogens is 1. The Morgan fingerprint density at radius 1 is 1.41 bits per heavy atom. The normalized spacial score (nSPS) is 11.8. The van der Waals surface area contributed by atoms with Gasteiger partial charge in [0.2, 0.25) is 11.8 Å². The van der Waals surface area contributed by atoms with Gasteiger partial charge in [-0.2, -0.15) is 0 Å². The molecule has 2 rings (SSSR count). The molecular formula is C16H17FN2O3. The first-order valence-corrected chi connectivity index (χ1v) is 6.71. The summed E-state index contributed by atoms with van der Waals surface area (Å²) in [6.45, 7) is 0. The molecule has 0 aliphatic rings. The van der Waals surface area contributed by atoms with Crippen LogP contribution in [0.3, 0.4) is 0 Å². The van der Waals surface area contributed by atoms with Gasteiger partial charge in [0.15, 0.2) is 0 Å². The van der Waals surface area contributed by atoms with E-state index in [-0.39, 0.29) is 12.3 Å². The Kier molecular flexibility index (Phi) is 5.06. The van der Waals surface area contributed by atoms with E-state index in [0.717, 1.165) is 0 Å². The summed E-state index contributed by atoms with van der Waals surface area (Å²) in [7, 11) is 3.09. The standard InChI is InChI=1S/C16H17FN2O3/c1-19(13-6-7-15(22-2)18-10-13)16(21)9-14(20)11-4-3-5-12(17)8-11/h3-8,10,14,20H,9H2,1-2H3. The maximum Gasteiger partial charge on any atom is 0.229 e. The number of nitrogens with zero attached hydrogens (tertiary/aromatic N) is 2. The molecule has 5 nitrogen and oxygen atoms in total. The lowest BCUT2D eigenvalue weighted by Crippen LogP contribution is -2.27. The Morgan fingerprint density at radius 2 is 2.18 bits per heavy atom. The molecule has 2 aromatic rings. The third-order valence-corrected chi connectivity index (χ3v) is 3.29. The summed E-state index contributed by atoms with van der Waals surface area (Å²) in [6.07, 6.45) is 0.300. The van der Waals surface area contributed by atoms with Crippen LogP contribution in [-0.4, -0.2) is 30.2 Å². The minimum atomic E-state index is -1.06. The highest BCUT2D eigenvalue weighted by Gasteiger charge is 2.18. The molecule has 1 heterocycles. The van der Waals surface area contributed by atoms with Gasteiger partial charge in [0.1, 0.15) is 5.82 Å². The van der Waals surface area contributed by atoms with Gasteiger partial charge < -0.3 is 14.7 Å². The van der Waals surface area contributed by atoms with Crippen molar-refractivity contribution < 1.29 is 19.0 Å². The molecule has 0 saturated carbocycles. The lowest BCUT2D eigenvalue weighted by molar-refractivity contribution is -0.120. The summed E-state index contributed by atoms with van der Waals surface area (Å²) in [4.78, 5) is 17.6. The Bertz CT molecular complexity index is 646. The van der Waals surface area contributed by atoms with Crippen molar-refractivity contribution in [3.63, 3.8) is 0 Å². The highest BCUT2D eigenvalue weighted by Crippen LogP contribution is 2.21. The van der Waals surface area contributed by atoms with Gasteiger partial charge in [0, 0.05) is 13.1 Å². The van der Waals surface area contributed by atoms with Crippen molar-refractivity contribution in [1.29, 1.82) is 0 Å². The van der Waals surface area contributed by atoms with Crippen LogP contribution in [-0.2, 0) is 4.79 Å². The van der Waals surface area contributed by atoms with Gasteiger partial charge in [0.05, 0.1) is 31.5 Å². The van der Waals surface area contributed by atoms with E-state index in [1.807, 2.05) is 0 Å². The summed E-state index contributed by atoms with van der Waals surface area (Å²) in [5.41, 5.74) is 0.951. The number of benzene rings is 1. The Balaban J connectivity index is 2.04. The topological polar surface area (TPSA) is 62.7 Å². The second-order valence-corrected chi connectivity index (χ2v) is 4.79. The molecule has 0 fully saturated rings. The number of hydrogen-bond donors (Lipinski definition) is 1. The first-order chi connectivity index (χ1) is 10.5. The number of hydrogen-bond acceptors (Lipinski definition) is 4. The van der Waals surface area contributed by atoms with Crippen LogP contribution in [0.1, 0.15) is 18.1 Å². The third kappa shape index (κ3) is 3.79. The van der Waals surface area contributed by atoms with E-state index in [9.17, 15) is 14.3 Å². The van der Waals surface area contributed by atoms with Gasteiger partial charge in [-0.05, 0) is 23.8 Å². The highest BCUT2D eigenvalue weighted by atomic mass is 19.1. The van der Waals surface area contributed by atoms with E-state index in [2.05, 4.69) is 4.98 Å². The summed E-state index contributed by atoms with van der Waals surface area (Å²) < 4.78 is 18.1. The molecule has 22 heavy (non-hydrogen) atoms. The quantitative estimate of drug-likeness (QED) is 0.921. The SMILES string of the molecule is COc1ccc(N(C)C(=O)CC(O)c2cccc(F)c2)cn1. The second-order valence-electron chi connectivity index (χ2n) is 4.79. The Hall–Kier alpha value is -2.47. The number of methoxy groups -OCH3 is 1. The van der Waals surface area contributed by atoms with Gasteiger partial charge in [-0.15, -0.1) is 0 Å². The number of carbonyl (C=O) groups excluding carboxylic acids is 1. The number of anilines is 1. The number of amides is 1. The van der Waals surface area contributed by atoms with Crippen LogP contribution in [0.4, 0.5) is 10.1 Å². The van der Waals surface area contributed by atoms with Crippen molar-refractivity contribution in [3.8, 4) is 5.88 Å². The number of pyridine rings is 1. The fraction of sp³-hybridized carbons (Fsp3) is 0.250. The van der Waals surface area contributed by atoms with Gasteiger partial charge in [-0.25, -0.2) is 9.37 Å². The fourth-order valence-corrected chi connectivity index (χ4v) is 1.97. The molecule has 6 heteroatoms. The summed E-state index contributed by atoms with van der Waals surface area (Å²) in [6, 6.07) is 8.91. The molecule has 1 unspecified atom stereocenters. The summed E-state index contributed by atoms with van der Waals surface area (Å²) in [5, 5.41) is 10.0. The zero-order valence-corrected chi connectivity index (χ0v) is 12.4. The predicted octanol–water partition coefficient (Wildman–Crippen LogP) is 2.32. The van der Waals surface area contributed by atoms with Crippen molar-refractivity contribution in [2.45, 2.75) is 12.5 Å². The lowest BCUT2D eigenvalue weighted by Gasteiger charge is -2.19. The molecular weight excluding hydrogens is 287 g/mol. The largest absolute Gasteiger partial charge is 0.481 e.